The first-order chi connectivity index (χ1) is 9.68. The maximum atomic E-state index is 12.4. The van der Waals surface area contributed by atoms with E-state index in [4.69, 9.17) is 5.73 Å². The zero-order valence-electron chi connectivity index (χ0n) is 11.6. The Labute approximate surface area is 133 Å². The van der Waals surface area contributed by atoms with E-state index in [1.807, 2.05) is 0 Å². The third kappa shape index (κ3) is 4.84. The molecule has 0 bridgehead atoms. The first kappa shape index (κ1) is 19.2. The fourth-order valence-electron chi connectivity index (χ4n) is 2.35. The molecule has 22 heavy (non-hydrogen) atoms. The second-order valence-corrected chi connectivity index (χ2v) is 6.97. The topological polar surface area (TPSA) is 72.2 Å². The van der Waals surface area contributed by atoms with Crippen LogP contribution in [0.15, 0.2) is 29.2 Å². The van der Waals surface area contributed by atoms with E-state index in [1.165, 1.54) is 0 Å². The molecule has 1 fully saturated rings. The van der Waals surface area contributed by atoms with Crippen LogP contribution in [-0.4, -0.2) is 20.5 Å². The molecule has 2 rings (SSSR count). The van der Waals surface area contributed by atoms with E-state index >= 15 is 0 Å². The number of alkyl halides is 3. The number of nitrogens with two attached hydrogens (primary N) is 1. The van der Waals surface area contributed by atoms with Gasteiger partial charge in [0, 0.05) is 12.1 Å². The highest BCUT2D eigenvalue weighted by atomic mass is 35.5. The van der Waals surface area contributed by atoms with E-state index < -0.39 is 21.8 Å². The molecular formula is C13H18ClF3N2O2S. The lowest BCUT2D eigenvalue weighted by Gasteiger charge is -2.26. The summed E-state index contributed by atoms with van der Waals surface area (Å²) in [5, 5.41) is 0. The SMILES string of the molecule is Cl.NC1CCC(NS(=O)(=O)c2ccc(C(F)(F)F)cc2)CC1. The molecule has 0 saturated heterocycles. The number of hydrogen-bond donors (Lipinski definition) is 2. The summed E-state index contributed by atoms with van der Waals surface area (Å²) in [4.78, 5) is -0.162. The quantitative estimate of drug-likeness (QED) is 0.872. The molecule has 126 valence electrons. The van der Waals surface area contributed by atoms with E-state index in [0.717, 1.165) is 37.1 Å². The summed E-state index contributed by atoms with van der Waals surface area (Å²) in [6.45, 7) is 0. The van der Waals surface area contributed by atoms with Crippen molar-refractivity contribution in [1.82, 2.24) is 4.72 Å². The summed E-state index contributed by atoms with van der Waals surface area (Å²) in [6.07, 6.45) is -1.72. The average Bonchev–Trinajstić information content (AvgIpc) is 2.40. The standard InChI is InChI=1S/C13H17F3N2O2S.ClH/c14-13(15,16)9-1-7-12(8-2-9)21(19,20)18-11-5-3-10(17)4-6-11;/h1-2,7-8,10-11,18H,3-6,17H2;1H. The van der Waals surface area contributed by atoms with Gasteiger partial charge in [-0.3, -0.25) is 0 Å². The summed E-state index contributed by atoms with van der Waals surface area (Å²) in [5.41, 5.74) is 4.88. The van der Waals surface area contributed by atoms with Crippen molar-refractivity contribution in [3.8, 4) is 0 Å². The van der Waals surface area contributed by atoms with Crippen molar-refractivity contribution < 1.29 is 21.6 Å². The minimum atomic E-state index is -4.48. The molecule has 0 aliphatic heterocycles. The van der Waals surface area contributed by atoms with E-state index in [0.29, 0.717) is 12.8 Å². The van der Waals surface area contributed by atoms with Gasteiger partial charge in [0.05, 0.1) is 10.5 Å². The minimum absolute atomic E-state index is 0. The van der Waals surface area contributed by atoms with E-state index in [9.17, 15) is 21.6 Å². The molecule has 0 atom stereocenters. The molecule has 1 saturated carbocycles. The summed E-state index contributed by atoms with van der Waals surface area (Å²) < 4.78 is 64.1. The van der Waals surface area contributed by atoms with Crippen LogP contribution in [0, 0.1) is 0 Å². The molecule has 1 aromatic carbocycles. The highest BCUT2D eigenvalue weighted by molar-refractivity contribution is 7.89. The Hall–Kier alpha value is -0.830. The summed E-state index contributed by atoms with van der Waals surface area (Å²) in [5.74, 6) is 0. The number of halogens is 4. The normalized spacial score (nSPS) is 22.9. The van der Waals surface area contributed by atoms with Crippen LogP contribution in [0.4, 0.5) is 13.2 Å². The zero-order valence-corrected chi connectivity index (χ0v) is 13.3. The van der Waals surface area contributed by atoms with Gasteiger partial charge >= 0.3 is 6.18 Å². The summed E-state index contributed by atoms with van der Waals surface area (Å²) >= 11 is 0. The number of sulfonamides is 1. The molecule has 0 unspecified atom stereocenters. The largest absolute Gasteiger partial charge is 0.416 e. The highest BCUT2D eigenvalue weighted by Gasteiger charge is 2.31. The maximum Gasteiger partial charge on any atom is 0.416 e. The second-order valence-electron chi connectivity index (χ2n) is 5.26. The highest BCUT2D eigenvalue weighted by Crippen LogP contribution is 2.29. The monoisotopic (exact) mass is 358 g/mol. The fraction of sp³-hybridized carbons (Fsp3) is 0.538. The maximum absolute atomic E-state index is 12.4. The first-order valence-electron chi connectivity index (χ1n) is 6.63. The molecule has 0 heterocycles. The second kappa shape index (κ2) is 7.16. The number of rotatable bonds is 3. The molecule has 0 radical (unpaired) electrons. The number of benzene rings is 1. The Balaban J connectivity index is 0.00000242. The molecule has 3 N–H and O–H groups in total. The predicted octanol–water partition coefficient (Wildman–Crippen LogP) is 2.68. The lowest BCUT2D eigenvalue weighted by atomic mass is 9.93. The van der Waals surface area contributed by atoms with Gasteiger partial charge in [-0.25, -0.2) is 13.1 Å². The van der Waals surface area contributed by atoms with Crippen LogP contribution in [0.25, 0.3) is 0 Å². The Bertz CT molecular complexity index is 582. The van der Waals surface area contributed by atoms with Gasteiger partial charge in [0.1, 0.15) is 0 Å². The van der Waals surface area contributed by atoms with Gasteiger partial charge in [0.2, 0.25) is 10.0 Å². The molecule has 1 aliphatic carbocycles. The minimum Gasteiger partial charge on any atom is -0.328 e. The first-order valence-corrected chi connectivity index (χ1v) is 8.12. The Morgan fingerprint density at radius 1 is 1.05 bits per heavy atom. The third-order valence-electron chi connectivity index (χ3n) is 3.59. The van der Waals surface area contributed by atoms with Crippen molar-refractivity contribution in [3.05, 3.63) is 29.8 Å². The zero-order chi connectivity index (χ0) is 15.7. The van der Waals surface area contributed by atoms with Crippen LogP contribution in [0.3, 0.4) is 0 Å². The van der Waals surface area contributed by atoms with Crippen LogP contribution in [0.2, 0.25) is 0 Å². The molecule has 1 aromatic rings. The van der Waals surface area contributed by atoms with Gasteiger partial charge in [-0.05, 0) is 49.9 Å². The van der Waals surface area contributed by atoms with Gasteiger partial charge in [-0.1, -0.05) is 0 Å². The average molecular weight is 359 g/mol. The van der Waals surface area contributed by atoms with Crippen LogP contribution in [0.1, 0.15) is 31.2 Å². The lowest BCUT2D eigenvalue weighted by Crippen LogP contribution is -2.40. The van der Waals surface area contributed by atoms with Crippen molar-refractivity contribution in [2.45, 2.75) is 48.8 Å². The molecular weight excluding hydrogens is 341 g/mol. The number of nitrogens with one attached hydrogen (secondary N) is 1. The van der Waals surface area contributed by atoms with Crippen molar-refractivity contribution >= 4 is 22.4 Å². The smallest absolute Gasteiger partial charge is 0.328 e. The van der Waals surface area contributed by atoms with E-state index in [2.05, 4.69) is 4.72 Å². The Morgan fingerprint density at radius 2 is 1.55 bits per heavy atom. The molecule has 4 nitrogen and oxygen atoms in total. The molecule has 0 amide bonds. The molecule has 1 aliphatic rings. The van der Waals surface area contributed by atoms with Crippen molar-refractivity contribution in [2.24, 2.45) is 5.73 Å². The Morgan fingerprint density at radius 3 is 2.00 bits per heavy atom. The van der Waals surface area contributed by atoms with Gasteiger partial charge < -0.3 is 5.73 Å². The fourth-order valence-corrected chi connectivity index (χ4v) is 3.65. The third-order valence-corrected chi connectivity index (χ3v) is 5.12. The lowest BCUT2D eigenvalue weighted by molar-refractivity contribution is -0.137. The van der Waals surface area contributed by atoms with Gasteiger partial charge in [0.15, 0.2) is 0 Å². The molecule has 0 spiro atoms. The van der Waals surface area contributed by atoms with Crippen molar-refractivity contribution in [3.63, 3.8) is 0 Å². The van der Waals surface area contributed by atoms with Crippen LogP contribution in [0.5, 0.6) is 0 Å². The van der Waals surface area contributed by atoms with E-state index in [-0.39, 0.29) is 29.4 Å². The van der Waals surface area contributed by atoms with Gasteiger partial charge in [-0.15, -0.1) is 12.4 Å². The van der Waals surface area contributed by atoms with Gasteiger partial charge in [0.25, 0.3) is 0 Å². The molecule has 0 aromatic heterocycles. The predicted molar refractivity (Wildman–Crippen MR) is 79.2 cm³/mol. The van der Waals surface area contributed by atoms with Crippen molar-refractivity contribution in [2.75, 3.05) is 0 Å². The van der Waals surface area contributed by atoms with Gasteiger partial charge in [-0.2, -0.15) is 13.2 Å². The van der Waals surface area contributed by atoms with E-state index in [1.54, 1.807) is 0 Å². The molecule has 9 heteroatoms. The van der Waals surface area contributed by atoms with Crippen molar-refractivity contribution in [1.29, 1.82) is 0 Å². The van der Waals surface area contributed by atoms with Crippen LogP contribution < -0.4 is 10.5 Å². The summed E-state index contributed by atoms with van der Waals surface area (Å²) in [7, 11) is -3.80. The number of hydrogen-bond acceptors (Lipinski definition) is 3. The Kier molecular flexibility index (Phi) is 6.26. The summed E-state index contributed by atoms with van der Waals surface area (Å²) in [6, 6.07) is 3.37. The van der Waals surface area contributed by atoms with Crippen LogP contribution >= 0.6 is 12.4 Å². The van der Waals surface area contributed by atoms with Crippen LogP contribution in [-0.2, 0) is 16.2 Å².